The van der Waals surface area contributed by atoms with Gasteiger partial charge in [-0.2, -0.15) is 0 Å². The molecule has 0 spiro atoms. The zero-order valence-electron chi connectivity index (χ0n) is 10.9. The topological polar surface area (TPSA) is 24.9 Å². The number of rotatable bonds is 3. The number of thiazole rings is 1. The van der Waals surface area contributed by atoms with Crippen molar-refractivity contribution in [1.82, 2.24) is 10.3 Å². The smallest absolute Gasteiger partial charge is 0.0896 e. The molecule has 1 aliphatic heterocycles. The predicted molar refractivity (Wildman–Crippen MR) is 76.3 cm³/mol. The molecule has 0 unspecified atom stereocenters. The summed E-state index contributed by atoms with van der Waals surface area (Å²) in [5.74, 6) is 0. The third-order valence-electron chi connectivity index (χ3n) is 3.74. The molecule has 0 saturated carbocycles. The van der Waals surface area contributed by atoms with Crippen LogP contribution in [0.2, 0.25) is 0 Å². The van der Waals surface area contributed by atoms with Gasteiger partial charge in [0.1, 0.15) is 0 Å². The fourth-order valence-electron chi connectivity index (χ4n) is 2.65. The van der Waals surface area contributed by atoms with E-state index in [1.54, 1.807) is 0 Å². The first kappa shape index (κ1) is 11.9. The molecule has 3 heteroatoms. The molecule has 2 nitrogen and oxygen atoms in total. The number of nitrogens with one attached hydrogen (secondary N) is 1. The Morgan fingerprint density at radius 1 is 1.33 bits per heavy atom. The van der Waals surface area contributed by atoms with E-state index in [4.69, 9.17) is 0 Å². The Bertz CT molecular complexity index is 555. The minimum Gasteiger partial charge on any atom is -0.315 e. The largest absolute Gasteiger partial charge is 0.315 e. The summed E-state index contributed by atoms with van der Waals surface area (Å²) in [5.41, 5.74) is 3.09. The molecular formula is C15H18N2S. The van der Waals surface area contributed by atoms with E-state index in [9.17, 15) is 0 Å². The first-order chi connectivity index (χ1) is 8.68. The first-order valence-electron chi connectivity index (χ1n) is 6.37. The summed E-state index contributed by atoms with van der Waals surface area (Å²) in [6.07, 6.45) is 3.14. The van der Waals surface area contributed by atoms with Crippen molar-refractivity contribution in [2.24, 2.45) is 0 Å². The summed E-state index contributed by atoms with van der Waals surface area (Å²) in [4.78, 5) is 5.77. The van der Waals surface area contributed by atoms with Gasteiger partial charge in [-0.05, 0) is 25.8 Å². The van der Waals surface area contributed by atoms with Crippen LogP contribution in [-0.2, 0) is 11.8 Å². The number of hydrogen-bond donors (Lipinski definition) is 1. The number of benzene rings is 1. The van der Waals surface area contributed by atoms with Gasteiger partial charge in [-0.3, -0.25) is 0 Å². The van der Waals surface area contributed by atoms with Crippen molar-refractivity contribution < 1.29 is 0 Å². The molecule has 2 aromatic rings. The van der Waals surface area contributed by atoms with Gasteiger partial charge >= 0.3 is 0 Å². The maximum atomic E-state index is 4.37. The summed E-state index contributed by atoms with van der Waals surface area (Å²) in [5, 5.41) is 4.59. The summed E-state index contributed by atoms with van der Waals surface area (Å²) >= 11 is 1.82. The molecule has 0 radical (unpaired) electrons. The molecule has 1 fully saturated rings. The third-order valence-corrected chi connectivity index (χ3v) is 4.65. The van der Waals surface area contributed by atoms with Crippen molar-refractivity contribution in [2.75, 3.05) is 13.1 Å². The van der Waals surface area contributed by atoms with Crippen molar-refractivity contribution in [3.05, 3.63) is 51.5 Å². The van der Waals surface area contributed by atoms with Crippen molar-refractivity contribution in [2.45, 2.75) is 25.7 Å². The van der Waals surface area contributed by atoms with Gasteiger partial charge in [-0.1, -0.05) is 29.8 Å². The van der Waals surface area contributed by atoms with Gasteiger partial charge in [0.25, 0.3) is 0 Å². The van der Waals surface area contributed by atoms with E-state index in [-0.39, 0.29) is 5.41 Å². The van der Waals surface area contributed by atoms with Gasteiger partial charge in [-0.25, -0.2) is 4.98 Å². The Hall–Kier alpha value is -1.19. The van der Waals surface area contributed by atoms with Crippen molar-refractivity contribution in [3.8, 4) is 0 Å². The standard InChI is InChI=1S/C15H18N2S/c1-11-4-3-5-13(6-11)15(9-16-10-15)7-14-8-17-12(2)18-14/h3-6,8,16H,7,9-10H2,1-2H3. The van der Waals surface area contributed by atoms with Gasteiger partial charge in [0, 0.05) is 29.6 Å². The number of aryl methyl sites for hydroxylation is 2. The second-order valence-electron chi connectivity index (χ2n) is 5.28. The third kappa shape index (κ3) is 2.08. The summed E-state index contributed by atoms with van der Waals surface area (Å²) in [6, 6.07) is 8.93. The van der Waals surface area contributed by atoms with Crippen LogP contribution < -0.4 is 5.32 Å². The van der Waals surface area contributed by atoms with Gasteiger partial charge < -0.3 is 5.32 Å². The van der Waals surface area contributed by atoms with E-state index in [1.165, 1.54) is 16.0 Å². The van der Waals surface area contributed by atoms with Crippen LogP contribution in [-0.4, -0.2) is 18.1 Å². The van der Waals surface area contributed by atoms with Crippen LogP contribution in [0.1, 0.15) is 21.0 Å². The molecule has 2 heterocycles. The second kappa shape index (κ2) is 4.48. The fraction of sp³-hybridized carbons (Fsp3) is 0.400. The average molecular weight is 258 g/mol. The Morgan fingerprint density at radius 2 is 2.17 bits per heavy atom. The highest BCUT2D eigenvalue weighted by Gasteiger charge is 2.39. The zero-order chi connectivity index (χ0) is 12.6. The minimum absolute atomic E-state index is 0.283. The van der Waals surface area contributed by atoms with Crippen LogP contribution in [0, 0.1) is 13.8 Å². The highest BCUT2D eigenvalue weighted by Crippen LogP contribution is 2.34. The maximum Gasteiger partial charge on any atom is 0.0896 e. The van der Waals surface area contributed by atoms with Crippen LogP contribution in [0.15, 0.2) is 30.5 Å². The fourth-order valence-corrected chi connectivity index (χ4v) is 3.59. The van der Waals surface area contributed by atoms with E-state index >= 15 is 0 Å². The van der Waals surface area contributed by atoms with Gasteiger partial charge in [-0.15, -0.1) is 11.3 Å². The van der Waals surface area contributed by atoms with Crippen molar-refractivity contribution in [3.63, 3.8) is 0 Å². The monoisotopic (exact) mass is 258 g/mol. The molecule has 94 valence electrons. The van der Waals surface area contributed by atoms with E-state index in [1.807, 2.05) is 17.5 Å². The zero-order valence-corrected chi connectivity index (χ0v) is 11.7. The predicted octanol–water partition coefficient (Wildman–Crippen LogP) is 2.84. The van der Waals surface area contributed by atoms with Crippen LogP contribution in [0.25, 0.3) is 0 Å². The normalized spacial score (nSPS) is 17.4. The Morgan fingerprint density at radius 3 is 2.72 bits per heavy atom. The molecule has 3 rings (SSSR count). The van der Waals surface area contributed by atoms with E-state index in [0.717, 1.165) is 24.5 Å². The van der Waals surface area contributed by atoms with Crippen molar-refractivity contribution in [1.29, 1.82) is 0 Å². The lowest BCUT2D eigenvalue weighted by molar-refractivity contribution is 0.276. The maximum absolute atomic E-state index is 4.37. The van der Waals surface area contributed by atoms with Crippen LogP contribution in [0.4, 0.5) is 0 Å². The SMILES string of the molecule is Cc1cccc(C2(Cc3cnc(C)s3)CNC2)c1. The highest BCUT2D eigenvalue weighted by atomic mass is 32.1. The van der Waals surface area contributed by atoms with Crippen molar-refractivity contribution >= 4 is 11.3 Å². The lowest BCUT2D eigenvalue weighted by Crippen LogP contribution is -2.58. The van der Waals surface area contributed by atoms with Crippen LogP contribution in [0.5, 0.6) is 0 Å². The lowest BCUT2D eigenvalue weighted by atomic mass is 9.72. The highest BCUT2D eigenvalue weighted by molar-refractivity contribution is 7.11. The van der Waals surface area contributed by atoms with Gasteiger partial charge in [0.15, 0.2) is 0 Å². The Balaban J connectivity index is 1.90. The molecule has 0 atom stereocenters. The first-order valence-corrected chi connectivity index (χ1v) is 7.19. The molecule has 1 aromatic heterocycles. The average Bonchev–Trinajstić information content (AvgIpc) is 2.69. The molecule has 0 amide bonds. The summed E-state index contributed by atoms with van der Waals surface area (Å²) < 4.78 is 0. The number of aromatic nitrogens is 1. The Labute approximate surface area is 112 Å². The molecule has 0 aliphatic carbocycles. The van der Waals surface area contributed by atoms with E-state index in [0.29, 0.717) is 0 Å². The molecule has 1 saturated heterocycles. The molecule has 1 aliphatic rings. The van der Waals surface area contributed by atoms with Gasteiger partial charge in [0.2, 0.25) is 0 Å². The van der Waals surface area contributed by atoms with Gasteiger partial charge in [0.05, 0.1) is 5.01 Å². The number of hydrogen-bond acceptors (Lipinski definition) is 3. The molecule has 1 N–H and O–H groups in total. The lowest BCUT2D eigenvalue weighted by Gasteiger charge is -2.43. The summed E-state index contributed by atoms with van der Waals surface area (Å²) in [7, 11) is 0. The molecule has 18 heavy (non-hydrogen) atoms. The van der Waals surface area contributed by atoms with E-state index < -0.39 is 0 Å². The molecule has 0 bridgehead atoms. The summed E-state index contributed by atoms with van der Waals surface area (Å²) in [6.45, 7) is 6.40. The minimum atomic E-state index is 0.283. The van der Waals surface area contributed by atoms with Crippen LogP contribution >= 0.6 is 11.3 Å². The second-order valence-corrected chi connectivity index (χ2v) is 6.60. The van der Waals surface area contributed by atoms with E-state index in [2.05, 4.69) is 48.4 Å². The Kier molecular flexibility index (Phi) is 2.96. The quantitative estimate of drug-likeness (QED) is 0.915. The number of nitrogens with zero attached hydrogens (tertiary/aromatic N) is 1. The molecular weight excluding hydrogens is 240 g/mol. The molecule has 1 aromatic carbocycles. The van der Waals surface area contributed by atoms with Crippen LogP contribution in [0.3, 0.4) is 0 Å².